The van der Waals surface area contributed by atoms with Gasteiger partial charge in [-0.1, -0.05) is 32.1 Å². The van der Waals surface area contributed by atoms with Crippen molar-refractivity contribution in [3.8, 4) is 0 Å². The van der Waals surface area contributed by atoms with Crippen molar-refractivity contribution in [2.45, 2.75) is 88.7 Å². The number of hydrogen-bond acceptors (Lipinski definition) is 2. The highest BCUT2D eigenvalue weighted by molar-refractivity contribution is 4.97. The first-order chi connectivity index (χ1) is 9.83. The molecule has 1 N–H and O–H groups in total. The van der Waals surface area contributed by atoms with E-state index in [2.05, 4.69) is 12.4 Å². The van der Waals surface area contributed by atoms with Gasteiger partial charge in [0, 0.05) is 12.6 Å². The molecule has 0 aromatic rings. The second-order valence-corrected chi connectivity index (χ2v) is 7.56. The highest BCUT2D eigenvalue weighted by Crippen LogP contribution is 2.46. The Balaban J connectivity index is 1.61. The standard InChI is InChI=1S/C18H33NO/c1-19-17(15-8-5-3-2-4-6-9-15)16-10-13-20-18(14-16)11-7-12-18/h15-17,19H,2-14H2,1H3. The minimum atomic E-state index is 0.305. The maximum atomic E-state index is 6.13. The van der Waals surface area contributed by atoms with Gasteiger partial charge in [0.15, 0.2) is 0 Å². The third kappa shape index (κ3) is 3.22. The molecule has 3 fully saturated rings. The van der Waals surface area contributed by atoms with E-state index in [-0.39, 0.29) is 0 Å². The Morgan fingerprint density at radius 2 is 1.60 bits per heavy atom. The Morgan fingerprint density at radius 1 is 0.900 bits per heavy atom. The molecule has 3 rings (SSSR count). The molecule has 0 radical (unpaired) electrons. The average molecular weight is 279 g/mol. The molecule has 3 aliphatic rings. The van der Waals surface area contributed by atoms with Gasteiger partial charge in [-0.3, -0.25) is 0 Å². The SMILES string of the molecule is CNC(C1CCCCCCC1)C1CCOC2(CCC2)C1. The molecule has 0 amide bonds. The summed E-state index contributed by atoms with van der Waals surface area (Å²) >= 11 is 0. The average Bonchev–Trinajstić information content (AvgIpc) is 2.40. The van der Waals surface area contributed by atoms with E-state index in [1.165, 1.54) is 77.0 Å². The largest absolute Gasteiger partial charge is 0.375 e. The Bertz CT molecular complexity index is 292. The highest BCUT2D eigenvalue weighted by Gasteiger charge is 2.45. The highest BCUT2D eigenvalue weighted by atomic mass is 16.5. The van der Waals surface area contributed by atoms with E-state index in [1.54, 1.807) is 0 Å². The molecule has 0 aromatic carbocycles. The zero-order valence-electron chi connectivity index (χ0n) is 13.3. The van der Waals surface area contributed by atoms with Crippen LogP contribution in [0.5, 0.6) is 0 Å². The first kappa shape index (κ1) is 14.8. The van der Waals surface area contributed by atoms with Crippen LogP contribution < -0.4 is 5.32 Å². The summed E-state index contributed by atoms with van der Waals surface area (Å²) in [5.74, 6) is 1.78. The summed E-state index contributed by atoms with van der Waals surface area (Å²) in [4.78, 5) is 0. The number of hydrogen-bond donors (Lipinski definition) is 1. The minimum Gasteiger partial charge on any atom is -0.375 e. The molecule has 1 heterocycles. The van der Waals surface area contributed by atoms with Crippen LogP contribution in [0.4, 0.5) is 0 Å². The monoisotopic (exact) mass is 279 g/mol. The third-order valence-electron chi connectivity index (χ3n) is 6.29. The van der Waals surface area contributed by atoms with E-state index < -0.39 is 0 Å². The van der Waals surface area contributed by atoms with Gasteiger partial charge >= 0.3 is 0 Å². The van der Waals surface area contributed by atoms with Crippen molar-refractivity contribution >= 4 is 0 Å². The van der Waals surface area contributed by atoms with E-state index in [9.17, 15) is 0 Å². The predicted octanol–water partition coefficient (Wildman–Crippen LogP) is 4.28. The van der Waals surface area contributed by atoms with Crippen LogP contribution in [-0.4, -0.2) is 25.3 Å². The fourth-order valence-corrected chi connectivity index (χ4v) is 4.99. The summed E-state index contributed by atoms with van der Waals surface area (Å²) in [7, 11) is 2.20. The molecule has 2 heteroatoms. The molecule has 2 unspecified atom stereocenters. The maximum Gasteiger partial charge on any atom is 0.0685 e. The molecule has 1 saturated heterocycles. The van der Waals surface area contributed by atoms with Gasteiger partial charge < -0.3 is 10.1 Å². The van der Waals surface area contributed by atoms with Crippen molar-refractivity contribution < 1.29 is 4.74 Å². The van der Waals surface area contributed by atoms with E-state index in [4.69, 9.17) is 4.74 Å². The van der Waals surface area contributed by atoms with Crippen LogP contribution in [-0.2, 0) is 4.74 Å². The fraction of sp³-hybridized carbons (Fsp3) is 1.00. The summed E-state index contributed by atoms with van der Waals surface area (Å²) in [6, 6.07) is 0.745. The van der Waals surface area contributed by atoms with Crippen LogP contribution in [0.15, 0.2) is 0 Å². The van der Waals surface area contributed by atoms with Crippen LogP contribution in [0, 0.1) is 11.8 Å². The lowest BCUT2D eigenvalue weighted by atomic mass is 9.68. The number of nitrogens with one attached hydrogen (secondary N) is 1. The van der Waals surface area contributed by atoms with E-state index in [1.807, 2.05) is 0 Å². The molecule has 2 atom stereocenters. The van der Waals surface area contributed by atoms with Gasteiger partial charge in [0.2, 0.25) is 0 Å². The second kappa shape index (κ2) is 6.79. The fourth-order valence-electron chi connectivity index (χ4n) is 4.99. The van der Waals surface area contributed by atoms with Gasteiger partial charge in [0.25, 0.3) is 0 Å². The maximum absolute atomic E-state index is 6.13. The molecule has 2 saturated carbocycles. The molecule has 2 aliphatic carbocycles. The summed E-state index contributed by atoms with van der Waals surface area (Å²) < 4.78 is 6.13. The van der Waals surface area contributed by atoms with Crippen LogP contribution in [0.2, 0.25) is 0 Å². The van der Waals surface area contributed by atoms with Gasteiger partial charge in [0.1, 0.15) is 0 Å². The quantitative estimate of drug-likeness (QED) is 0.832. The van der Waals surface area contributed by atoms with E-state index in [0.29, 0.717) is 5.60 Å². The van der Waals surface area contributed by atoms with Gasteiger partial charge in [-0.05, 0) is 63.8 Å². The molecule has 2 nitrogen and oxygen atoms in total. The lowest BCUT2D eigenvalue weighted by Gasteiger charge is -2.50. The molecular weight excluding hydrogens is 246 g/mol. The van der Waals surface area contributed by atoms with Gasteiger partial charge in [-0.15, -0.1) is 0 Å². The Labute approximate surface area is 125 Å². The summed E-state index contributed by atoms with van der Waals surface area (Å²) in [6.07, 6.45) is 16.9. The van der Waals surface area contributed by atoms with Crippen LogP contribution in [0.3, 0.4) is 0 Å². The van der Waals surface area contributed by atoms with Crippen molar-refractivity contribution in [2.24, 2.45) is 11.8 Å². The van der Waals surface area contributed by atoms with Crippen molar-refractivity contribution in [1.82, 2.24) is 5.32 Å². The number of rotatable bonds is 3. The van der Waals surface area contributed by atoms with Crippen LogP contribution >= 0.6 is 0 Å². The second-order valence-electron chi connectivity index (χ2n) is 7.56. The Hall–Kier alpha value is -0.0800. The zero-order valence-corrected chi connectivity index (χ0v) is 13.3. The molecule has 0 aromatic heterocycles. The van der Waals surface area contributed by atoms with E-state index in [0.717, 1.165) is 24.5 Å². The van der Waals surface area contributed by atoms with E-state index >= 15 is 0 Å². The van der Waals surface area contributed by atoms with Gasteiger partial charge in [-0.25, -0.2) is 0 Å². The van der Waals surface area contributed by atoms with Gasteiger partial charge in [0.05, 0.1) is 5.60 Å². The normalized spacial score (nSPS) is 33.1. The van der Waals surface area contributed by atoms with Crippen molar-refractivity contribution in [2.75, 3.05) is 13.7 Å². The van der Waals surface area contributed by atoms with Crippen molar-refractivity contribution in [3.05, 3.63) is 0 Å². The number of ether oxygens (including phenoxy) is 1. The van der Waals surface area contributed by atoms with Crippen molar-refractivity contribution in [1.29, 1.82) is 0 Å². The molecule has 1 aliphatic heterocycles. The Kier molecular flexibility index (Phi) is 5.04. The van der Waals surface area contributed by atoms with Gasteiger partial charge in [-0.2, -0.15) is 0 Å². The predicted molar refractivity (Wildman–Crippen MR) is 83.9 cm³/mol. The smallest absolute Gasteiger partial charge is 0.0685 e. The lowest BCUT2D eigenvalue weighted by Crippen LogP contribution is -2.51. The minimum absolute atomic E-state index is 0.305. The first-order valence-corrected chi connectivity index (χ1v) is 9.14. The topological polar surface area (TPSA) is 21.3 Å². The van der Waals surface area contributed by atoms with Crippen molar-refractivity contribution in [3.63, 3.8) is 0 Å². The summed E-state index contributed by atoms with van der Waals surface area (Å²) in [5.41, 5.74) is 0.305. The first-order valence-electron chi connectivity index (χ1n) is 9.14. The molecule has 20 heavy (non-hydrogen) atoms. The van der Waals surface area contributed by atoms with Crippen LogP contribution in [0.1, 0.15) is 77.0 Å². The summed E-state index contributed by atoms with van der Waals surface area (Å²) in [5, 5.41) is 3.72. The Morgan fingerprint density at radius 3 is 2.20 bits per heavy atom. The molecular formula is C18H33NO. The lowest BCUT2D eigenvalue weighted by molar-refractivity contribution is -0.149. The summed E-state index contributed by atoms with van der Waals surface area (Å²) in [6.45, 7) is 1.01. The third-order valence-corrected chi connectivity index (χ3v) is 6.29. The van der Waals surface area contributed by atoms with Crippen LogP contribution in [0.25, 0.3) is 0 Å². The zero-order chi connectivity index (χ0) is 13.8. The molecule has 116 valence electrons. The molecule has 1 spiro atoms. The molecule has 0 bridgehead atoms.